The highest BCUT2D eigenvalue weighted by atomic mass is 19.1. The predicted octanol–water partition coefficient (Wildman–Crippen LogP) is 2.15. The molecule has 0 radical (unpaired) electrons. The van der Waals surface area contributed by atoms with Gasteiger partial charge in [-0.15, -0.1) is 0 Å². The average Bonchev–Trinajstić information content (AvgIpc) is 2.36. The molecule has 1 unspecified atom stereocenters. The van der Waals surface area contributed by atoms with Crippen LogP contribution in [0.15, 0.2) is 18.2 Å². The van der Waals surface area contributed by atoms with Gasteiger partial charge in [0.25, 0.3) is 5.91 Å². The van der Waals surface area contributed by atoms with Crippen LogP contribution in [0, 0.1) is 12.7 Å². The van der Waals surface area contributed by atoms with Gasteiger partial charge >= 0.3 is 0 Å². The Morgan fingerprint density at radius 3 is 2.55 bits per heavy atom. The number of anilines is 1. The molecule has 4 nitrogen and oxygen atoms in total. The first-order valence-electron chi connectivity index (χ1n) is 6.69. The zero-order valence-corrected chi connectivity index (χ0v) is 12.2. The zero-order chi connectivity index (χ0) is 15.1. The van der Waals surface area contributed by atoms with Crippen LogP contribution < -0.4 is 10.2 Å². The Labute approximate surface area is 118 Å². The van der Waals surface area contributed by atoms with Crippen LogP contribution in [0.25, 0.3) is 0 Å². The highest BCUT2D eigenvalue weighted by molar-refractivity contribution is 6.10. The van der Waals surface area contributed by atoms with Gasteiger partial charge in [-0.3, -0.25) is 14.5 Å². The molecule has 0 saturated carbocycles. The second-order valence-electron chi connectivity index (χ2n) is 5.65. The lowest BCUT2D eigenvalue weighted by Gasteiger charge is -2.42. The number of nitrogens with zero attached hydrogens (tertiary/aromatic N) is 1. The Hall–Kier alpha value is -1.91. The third kappa shape index (κ3) is 2.28. The van der Waals surface area contributed by atoms with Crippen molar-refractivity contribution >= 4 is 17.5 Å². The number of carbonyl (C=O) groups is 2. The van der Waals surface area contributed by atoms with Crippen molar-refractivity contribution in [3.63, 3.8) is 0 Å². The average molecular weight is 278 g/mol. The molecule has 0 bridgehead atoms. The molecule has 0 spiro atoms. The molecular weight excluding hydrogens is 259 g/mol. The highest BCUT2D eigenvalue weighted by Gasteiger charge is 2.45. The zero-order valence-electron chi connectivity index (χ0n) is 12.2. The molecule has 5 heteroatoms. The van der Waals surface area contributed by atoms with Gasteiger partial charge in [0.15, 0.2) is 0 Å². The van der Waals surface area contributed by atoms with Crippen molar-refractivity contribution in [1.82, 2.24) is 5.32 Å². The van der Waals surface area contributed by atoms with Gasteiger partial charge in [0, 0.05) is 5.69 Å². The molecule has 1 aliphatic heterocycles. The van der Waals surface area contributed by atoms with Crippen molar-refractivity contribution in [1.29, 1.82) is 0 Å². The molecule has 1 N–H and O–H groups in total. The van der Waals surface area contributed by atoms with Crippen LogP contribution >= 0.6 is 0 Å². The molecule has 2 amide bonds. The van der Waals surface area contributed by atoms with E-state index in [1.165, 1.54) is 17.0 Å². The smallest absolute Gasteiger partial charge is 0.252 e. The van der Waals surface area contributed by atoms with Gasteiger partial charge < -0.3 is 5.32 Å². The topological polar surface area (TPSA) is 49.4 Å². The standard InChI is InChI=1S/C15H19FN2O2/c1-5-12-13(19)17-15(3,4)14(20)18(12)10-6-7-11(16)9(2)8-10/h6-8,12H,5H2,1-4H3,(H,17,19). The molecule has 108 valence electrons. The van der Waals surface area contributed by atoms with Gasteiger partial charge in [0.05, 0.1) is 0 Å². The number of carbonyl (C=O) groups excluding carboxylic acids is 2. The summed E-state index contributed by atoms with van der Waals surface area (Å²) >= 11 is 0. The number of aryl methyl sites for hydroxylation is 1. The van der Waals surface area contributed by atoms with Gasteiger partial charge in [0.1, 0.15) is 17.4 Å². The lowest BCUT2D eigenvalue weighted by Crippen LogP contribution is -2.68. The van der Waals surface area contributed by atoms with E-state index in [2.05, 4.69) is 5.32 Å². The molecule has 1 aliphatic rings. The fraction of sp³-hybridized carbons (Fsp3) is 0.467. The first kappa shape index (κ1) is 14.5. The van der Waals surface area contributed by atoms with Crippen molar-refractivity contribution in [3.8, 4) is 0 Å². The van der Waals surface area contributed by atoms with Crippen LogP contribution in [-0.2, 0) is 9.59 Å². The third-order valence-electron chi connectivity index (χ3n) is 3.61. The fourth-order valence-electron chi connectivity index (χ4n) is 2.45. The summed E-state index contributed by atoms with van der Waals surface area (Å²) < 4.78 is 13.4. The van der Waals surface area contributed by atoms with Gasteiger partial charge in [-0.25, -0.2) is 4.39 Å². The lowest BCUT2D eigenvalue weighted by atomic mass is 9.95. The van der Waals surface area contributed by atoms with Crippen LogP contribution in [-0.4, -0.2) is 23.4 Å². The summed E-state index contributed by atoms with van der Waals surface area (Å²) in [5.74, 6) is -0.691. The molecule has 1 atom stereocenters. The summed E-state index contributed by atoms with van der Waals surface area (Å²) in [5.41, 5.74) is 0.0584. The monoisotopic (exact) mass is 278 g/mol. The van der Waals surface area contributed by atoms with Gasteiger partial charge in [-0.05, 0) is 51.0 Å². The fourth-order valence-corrected chi connectivity index (χ4v) is 2.45. The maximum Gasteiger partial charge on any atom is 0.252 e. The number of hydrogen-bond donors (Lipinski definition) is 1. The number of rotatable bonds is 2. The second-order valence-corrected chi connectivity index (χ2v) is 5.65. The molecule has 1 heterocycles. The summed E-state index contributed by atoms with van der Waals surface area (Å²) in [4.78, 5) is 26.2. The minimum absolute atomic E-state index is 0.181. The van der Waals surface area contributed by atoms with Crippen LogP contribution in [0.2, 0.25) is 0 Å². The SMILES string of the molecule is CCC1C(=O)NC(C)(C)C(=O)N1c1ccc(F)c(C)c1. The first-order valence-corrected chi connectivity index (χ1v) is 6.69. The lowest BCUT2D eigenvalue weighted by molar-refractivity contribution is -0.137. The Balaban J connectivity index is 2.51. The molecule has 1 aromatic carbocycles. The minimum Gasteiger partial charge on any atom is -0.340 e. The second kappa shape index (κ2) is 4.89. The molecule has 2 rings (SSSR count). The molecule has 0 aliphatic carbocycles. The van der Waals surface area contributed by atoms with Gasteiger partial charge in [-0.2, -0.15) is 0 Å². The summed E-state index contributed by atoms with van der Waals surface area (Å²) in [5, 5.41) is 2.73. The third-order valence-corrected chi connectivity index (χ3v) is 3.61. The van der Waals surface area contributed by atoms with Crippen molar-refractivity contribution in [2.45, 2.75) is 45.7 Å². The Morgan fingerprint density at radius 2 is 2.00 bits per heavy atom. The van der Waals surface area contributed by atoms with Crippen molar-refractivity contribution < 1.29 is 14.0 Å². The minimum atomic E-state index is -0.953. The Bertz CT molecular complexity index is 569. The molecule has 1 saturated heterocycles. The first-order chi connectivity index (χ1) is 9.27. The van der Waals surface area contributed by atoms with Crippen LogP contribution in [0.5, 0.6) is 0 Å². The van der Waals surface area contributed by atoms with Crippen molar-refractivity contribution in [2.75, 3.05) is 4.90 Å². The van der Waals surface area contributed by atoms with Gasteiger partial charge in [-0.1, -0.05) is 6.92 Å². The number of hydrogen-bond acceptors (Lipinski definition) is 2. The number of nitrogens with one attached hydrogen (secondary N) is 1. The number of piperazine rings is 1. The normalized spacial score (nSPS) is 21.9. The Morgan fingerprint density at radius 1 is 1.35 bits per heavy atom. The quantitative estimate of drug-likeness (QED) is 0.901. The maximum absolute atomic E-state index is 13.4. The molecule has 20 heavy (non-hydrogen) atoms. The number of amides is 2. The molecule has 0 aromatic heterocycles. The summed E-state index contributed by atoms with van der Waals surface area (Å²) in [6, 6.07) is 3.91. The maximum atomic E-state index is 13.4. The Kier molecular flexibility index (Phi) is 3.54. The van der Waals surface area contributed by atoms with Crippen molar-refractivity contribution in [2.24, 2.45) is 0 Å². The van der Waals surface area contributed by atoms with E-state index in [0.717, 1.165) is 0 Å². The van der Waals surface area contributed by atoms with Crippen molar-refractivity contribution in [3.05, 3.63) is 29.6 Å². The van der Waals surface area contributed by atoms with Crippen LogP contribution in [0.1, 0.15) is 32.8 Å². The predicted molar refractivity (Wildman–Crippen MR) is 74.9 cm³/mol. The summed E-state index contributed by atoms with van der Waals surface area (Å²) in [6.45, 7) is 6.82. The number of halogens is 1. The van der Waals surface area contributed by atoms with E-state index in [1.807, 2.05) is 6.92 Å². The summed E-state index contributed by atoms with van der Waals surface area (Å²) in [7, 11) is 0. The van der Waals surface area contributed by atoms with Crippen LogP contribution in [0.3, 0.4) is 0 Å². The van der Waals surface area contributed by atoms with E-state index < -0.39 is 11.6 Å². The number of benzene rings is 1. The molecule has 1 aromatic rings. The van der Waals surface area contributed by atoms with E-state index >= 15 is 0 Å². The highest BCUT2D eigenvalue weighted by Crippen LogP contribution is 2.28. The molecular formula is C15H19FN2O2. The largest absolute Gasteiger partial charge is 0.340 e. The summed E-state index contributed by atoms with van der Waals surface area (Å²) in [6.07, 6.45) is 0.504. The van der Waals surface area contributed by atoms with E-state index in [0.29, 0.717) is 17.7 Å². The van der Waals surface area contributed by atoms with Gasteiger partial charge in [0.2, 0.25) is 5.91 Å². The van der Waals surface area contributed by atoms with Crippen LogP contribution in [0.4, 0.5) is 10.1 Å². The molecule has 1 fully saturated rings. The van der Waals surface area contributed by atoms with E-state index in [4.69, 9.17) is 0 Å². The van der Waals surface area contributed by atoms with E-state index in [-0.39, 0.29) is 17.6 Å². The van der Waals surface area contributed by atoms with E-state index in [9.17, 15) is 14.0 Å². The van der Waals surface area contributed by atoms with E-state index in [1.54, 1.807) is 26.8 Å².